The number of hydrogen-bond acceptors (Lipinski definition) is 7. The SMILES string of the molecule is COC(=O)COc1ccc(-c2noc([C@@H]3CCCO3)n2)cc1. The minimum absolute atomic E-state index is 0.0936. The van der Waals surface area contributed by atoms with Crippen LogP contribution in [0.1, 0.15) is 24.8 Å². The van der Waals surface area contributed by atoms with Crippen LogP contribution in [0.4, 0.5) is 0 Å². The number of carbonyl (C=O) groups excluding carboxylic acids is 1. The molecule has 0 saturated carbocycles. The Bertz CT molecular complexity index is 632. The second-order valence-electron chi connectivity index (χ2n) is 4.85. The largest absolute Gasteiger partial charge is 0.482 e. The highest BCUT2D eigenvalue weighted by atomic mass is 16.6. The number of nitrogens with zero attached hydrogens (tertiary/aromatic N) is 2. The molecule has 0 unspecified atom stereocenters. The highest BCUT2D eigenvalue weighted by Gasteiger charge is 2.24. The first-order valence-electron chi connectivity index (χ1n) is 7.01. The molecule has 7 heteroatoms. The Morgan fingerprint density at radius 3 is 2.86 bits per heavy atom. The van der Waals surface area contributed by atoms with Gasteiger partial charge in [0.05, 0.1) is 7.11 Å². The summed E-state index contributed by atoms with van der Waals surface area (Å²) in [5, 5.41) is 3.97. The molecule has 0 aliphatic carbocycles. The Morgan fingerprint density at radius 2 is 2.18 bits per heavy atom. The topological polar surface area (TPSA) is 83.7 Å². The lowest BCUT2D eigenvalue weighted by Crippen LogP contribution is -2.12. The van der Waals surface area contributed by atoms with Gasteiger partial charge in [0, 0.05) is 12.2 Å². The predicted octanol–water partition coefficient (Wildman–Crippen LogP) is 2.14. The Morgan fingerprint density at radius 1 is 1.36 bits per heavy atom. The summed E-state index contributed by atoms with van der Waals surface area (Å²) in [7, 11) is 1.32. The third kappa shape index (κ3) is 3.25. The molecule has 7 nitrogen and oxygen atoms in total. The van der Waals surface area contributed by atoms with Crippen LogP contribution >= 0.6 is 0 Å². The van der Waals surface area contributed by atoms with Gasteiger partial charge < -0.3 is 18.7 Å². The van der Waals surface area contributed by atoms with Gasteiger partial charge in [0.1, 0.15) is 11.9 Å². The Balaban J connectivity index is 1.66. The van der Waals surface area contributed by atoms with E-state index in [1.54, 1.807) is 24.3 Å². The van der Waals surface area contributed by atoms with E-state index in [-0.39, 0.29) is 12.7 Å². The van der Waals surface area contributed by atoms with Crippen LogP contribution in [0.5, 0.6) is 5.75 Å². The van der Waals surface area contributed by atoms with Gasteiger partial charge in [-0.1, -0.05) is 5.16 Å². The van der Waals surface area contributed by atoms with E-state index in [0.717, 1.165) is 25.0 Å². The third-order valence-corrected chi connectivity index (χ3v) is 3.34. The number of hydrogen-bond donors (Lipinski definition) is 0. The molecule has 2 aromatic rings. The van der Waals surface area contributed by atoms with Crippen LogP contribution in [-0.4, -0.2) is 36.4 Å². The molecule has 0 bridgehead atoms. The van der Waals surface area contributed by atoms with Gasteiger partial charge in [0.2, 0.25) is 5.82 Å². The van der Waals surface area contributed by atoms with Crippen molar-refractivity contribution in [3.05, 3.63) is 30.2 Å². The van der Waals surface area contributed by atoms with E-state index < -0.39 is 5.97 Å². The minimum atomic E-state index is -0.427. The van der Waals surface area contributed by atoms with Crippen molar-refractivity contribution >= 4 is 5.97 Å². The number of ether oxygens (including phenoxy) is 3. The maximum atomic E-state index is 11.0. The van der Waals surface area contributed by atoms with E-state index in [0.29, 0.717) is 17.5 Å². The van der Waals surface area contributed by atoms with E-state index in [4.69, 9.17) is 14.0 Å². The van der Waals surface area contributed by atoms with Crippen molar-refractivity contribution in [3.63, 3.8) is 0 Å². The van der Waals surface area contributed by atoms with Crippen LogP contribution in [0.3, 0.4) is 0 Å². The van der Waals surface area contributed by atoms with Gasteiger partial charge in [-0.25, -0.2) is 4.79 Å². The van der Waals surface area contributed by atoms with Gasteiger partial charge in [-0.05, 0) is 37.1 Å². The number of rotatable bonds is 5. The fraction of sp³-hybridized carbons (Fsp3) is 0.400. The molecule has 0 N–H and O–H groups in total. The molecule has 0 spiro atoms. The van der Waals surface area contributed by atoms with Gasteiger partial charge in [-0.2, -0.15) is 4.98 Å². The van der Waals surface area contributed by atoms with Crippen LogP contribution in [0.25, 0.3) is 11.4 Å². The fourth-order valence-electron chi connectivity index (χ4n) is 2.16. The second kappa shape index (κ2) is 6.57. The van der Waals surface area contributed by atoms with E-state index >= 15 is 0 Å². The van der Waals surface area contributed by atoms with Crippen molar-refractivity contribution < 1.29 is 23.5 Å². The van der Waals surface area contributed by atoms with Gasteiger partial charge in [-0.15, -0.1) is 0 Å². The zero-order valence-electron chi connectivity index (χ0n) is 12.2. The second-order valence-corrected chi connectivity index (χ2v) is 4.85. The first kappa shape index (κ1) is 14.5. The average Bonchev–Trinajstić information content (AvgIpc) is 3.23. The average molecular weight is 304 g/mol. The van der Waals surface area contributed by atoms with Crippen LogP contribution in [0.2, 0.25) is 0 Å². The van der Waals surface area contributed by atoms with Gasteiger partial charge >= 0.3 is 5.97 Å². The fourth-order valence-corrected chi connectivity index (χ4v) is 2.16. The Kier molecular flexibility index (Phi) is 4.34. The highest BCUT2D eigenvalue weighted by Crippen LogP contribution is 2.29. The summed E-state index contributed by atoms with van der Waals surface area (Å²) in [4.78, 5) is 15.4. The third-order valence-electron chi connectivity index (χ3n) is 3.34. The van der Waals surface area contributed by atoms with Crippen molar-refractivity contribution in [2.24, 2.45) is 0 Å². The van der Waals surface area contributed by atoms with Crippen LogP contribution < -0.4 is 4.74 Å². The lowest BCUT2D eigenvalue weighted by Gasteiger charge is -2.04. The minimum Gasteiger partial charge on any atom is -0.482 e. The van der Waals surface area contributed by atoms with Gasteiger partial charge in [-0.3, -0.25) is 0 Å². The van der Waals surface area contributed by atoms with Crippen molar-refractivity contribution in [1.82, 2.24) is 10.1 Å². The van der Waals surface area contributed by atoms with E-state index in [2.05, 4.69) is 14.9 Å². The lowest BCUT2D eigenvalue weighted by molar-refractivity contribution is -0.142. The molecule has 2 heterocycles. The summed E-state index contributed by atoms with van der Waals surface area (Å²) in [5.41, 5.74) is 0.804. The van der Waals surface area contributed by atoms with Crippen molar-refractivity contribution in [2.75, 3.05) is 20.3 Å². The van der Waals surface area contributed by atoms with Gasteiger partial charge in [0.25, 0.3) is 5.89 Å². The first-order chi connectivity index (χ1) is 10.8. The lowest BCUT2D eigenvalue weighted by atomic mass is 10.2. The Hall–Kier alpha value is -2.41. The smallest absolute Gasteiger partial charge is 0.343 e. The zero-order chi connectivity index (χ0) is 15.4. The number of carbonyl (C=O) groups is 1. The summed E-state index contributed by atoms with van der Waals surface area (Å²) in [5.74, 6) is 1.16. The summed E-state index contributed by atoms with van der Waals surface area (Å²) in [6, 6.07) is 7.08. The van der Waals surface area contributed by atoms with E-state index in [1.807, 2.05) is 0 Å². The van der Waals surface area contributed by atoms with Crippen molar-refractivity contribution in [3.8, 4) is 17.1 Å². The van der Waals surface area contributed by atoms with Crippen molar-refractivity contribution in [1.29, 1.82) is 0 Å². The standard InChI is InChI=1S/C15H16N2O5/c1-19-13(18)9-21-11-6-4-10(5-7-11)14-16-15(22-17-14)12-3-2-8-20-12/h4-7,12H,2-3,8-9H2,1H3/t12-/m0/s1. The molecule has 0 radical (unpaired) electrons. The van der Waals surface area contributed by atoms with Gasteiger partial charge in [0.15, 0.2) is 6.61 Å². The first-order valence-corrected chi connectivity index (χ1v) is 7.01. The molecular weight excluding hydrogens is 288 g/mol. The number of methoxy groups -OCH3 is 1. The maximum Gasteiger partial charge on any atom is 0.343 e. The Labute approximate surface area is 127 Å². The number of benzene rings is 1. The molecule has 1 aromatic heterocycles. The molecule has 1 aliphatic heterocycles. The quantitative estimate of drug-likeness (QED) is 0.782. The molecule has 1 aliphatic rings. The molecule has 1 aromatic carbocycles. The summed E-state index contributed by atoms with van der Waals surface area (Å²) in [6.45, 7) is 0.607. The molecule has 1 saturated heterocycles. The number of aromatic nitrogens is 2. The van der Waals surface area contributed by atoms with Crippen molar-refractivity contribution in [2.45, 2.75) is 18.9 Å². The highest BCUT2D eigenvalue weighted by molar-refractivity contribution is 5.70. The molecule has 116 valence electrons. The van der Waals surface area contributed by atoms with E-state index in [9.17, 15) is 4.79 Å². The normalized spacial score (nSPS) is 17.4. The summed E-state index contributed by atoms with van der Waals surface area (Å²) >= 11 is 0. The van der Waals surface area contributed by atoms with Crippen LogP contribution in [0.15, 0.2) is 28.8 Å². The molecular formula is C15H16N2O5. The van der Waals surface area contributed by atoms with Crippen LogP contribution in [0, 0.1) is 0 Å². The monoisotopic (exact) mass is 304 g/mol. The summed E-state index contributed by atoms with van der Waals surface area (Å²) in [6.07, 6.45) is 1.82. The molecule has 1 atom stereocenters. The summed E-state index contributed by atoms with van der Waals surface area (Å²) < 4.78 is 20.5. The molecule has 3 rings (SSSR count). The maximum absolute atomic E-state index is 11.0. The van der Waals surface area contributed by atoms with E-state index in [1.165, 1.54) is 7.11 Å². The molecule has 1 fully saturated rings. The molecule has 0 amide bonds. The van der Waals surface area contributed by atoms with Crippen LogP contribution in [-0.2, 0) is 14.3 Å². The molecule has 22 heavy (non-hydrogen) atoms. The zero-order valence-corrected chi connectivity index (χ0v) is 12.2. The number of esters is 1. The predicted molar refractivity (Wildman–Crippen MR) is 75.2 cm³/mol.